The number of tetrazole rings is 1. The number of carbonyl (C=O) groups excluding carboxylic acids is 1. The van der Waals surface area contributed by atoms with Gasteiger partial charge in [0.05, 0.1) is 30.4 Å². The number of carbonyl (C=O) groups is 2. The number of nitrogens with zero attached hydrogens (tertiary/aromatic N) is 5. The number of aromatic nitrogens is 4. The Labute approximate surface area is 195 Å². The van der Waals surface area contributed by atoms with Crippen molar-refractivity contribution in [2.24, 2.45) is 0 Å². The Morgan fingerprint density at radius 3 is 2.44 bits per heavy atom. The van der Waals surface area contributed by atoms with Crippen molar-refractivity contribution in [3.63, 3.8) is 0 Å². The highest BCUT2D eigenvalue weighted by Crippen LogP contribution is 2.36. The number of benzene rings is 2. The van der Waals surface area contributed by atoms with E-state index in [1.54, 1.807) is 16.8 Å². The van der Waals surface area contributed by atoms with Crippen LogP contribution in [0.4, 0.5) is 5.69 Å². The fraction of sp³-hybridized carbons (Fsp3) is 0.348. The predicted octanol–water partition coefficient (Wildman–Crippen LogP) is 1.24. The Morgan fingerprint density at radius 2 is 1.74 bits per heavy atom. The van der Waals surface area contributed by atoms with Crippen LogP contribution in [0.5, 0.6) is 0 Å². The summed E-state index contributed by atoms with van der Waals surface area (Å²) in [5.41, 5.74) is 1.97. The fourth-order valence-electron chi connectivity index (χ4n) is 4.44. The van der Waals surface area contributed by atoms with Gasteiger partial charge in [-0.25, -0.2) is 9.48 Å². The topological polar surface area (TPSA) is 132 Å². The molecule has 34 heavy (non-hydrogen) atoms. The molecular formula is C23H24N6O5. The van der Waals surface area contributed by atoms with E-state index in [0.717, 1.165) is 11.3 Å². The van der Waals surface area contributed by atoms with Gasteiger partial charge in [0.15, 0.2) is 5.82 Å². The molecule has 3 heterocycles. The van der Waals surface area contributed by atoms with Crippen molar-refractivity contribution in [2.75, 3.05) is 32.2 Å². The molecular weight excluding hydrogens is 440 g/mol. The zero-order chi connectivity index (χ0) is 23.8. The van der Waals surface area contributed by atoms with Gasteiger partial charge in [0.2, 0.25) is 0 Å². The summed E-state index contributed by atoms with van der Waals surface area (Å²) in [6.07, 6.45) is -0.762. The number of carboxylic acids is 1. The summed E-state index contributed by atoms with van der Waals surface area (Å²) in [4.78, 5) is 26.3. The van der Waals surface area contributed by atoms with Crippen LogP contribution in [0.25, 0.3) is 11.4 Å². The molecule has 3 aromatic rings. The number of hydrogen-bond acceptors (Lipinski definition) is 8. The maximum absolute atomic E-state index is 12.8. The molecule has 0 aliphatic carbocycles. The van der Waals surface area contributed by atoms with E-state index in [1.165, 1.54) is 12.1 Å². The normalized spacial score (nSPS) is 23.5. The van der Waals surface area contributed by atoms with E-state index >= 15 is 0 Å². The lowest BCUT2D eigenvalue weighted by Crippen LogP contribution is -2.44. The highest BCUT2D eigenvalue weighted by molar-refractivity contribution is 6.04. The Bertz CT molecular complexity index is 1210. The standard InChI is InChI=1S/C23H24N6O5/c1-28(2)14-9-7-13(8-10-14)21-25-26-27-29(21)18-12-34-19-17(11-33-20(18)19)24-22(30)15-5-3-4-6-16(15)23(31)32/h3-10,17-20H,11-12H2,1-2H3,(H,24,30)(H,31,32)/t17-,18+,19-,20+/m0/s1. The highest BCUT2D eigenvalue weighted by Gasteiger charge is 2.50. The predicted molar refractivity (Wildman–Crippen MR) is 121 cm³/mol. The number of hydrogen-bond donors (Lipinski definition) is 2. The van der Waals surface area contributed by atoms with Crippen molar-refractivity contribution in [3.8, 4) is 11.4 Å². The summed E-state index contributed by atoms with van der Waals surface area (Å²) in [5, 5.41) is 24.5. The third-order valence-corrected chi connectivity index (χ3v) is 6.19. The third kappa shape index (κ3) is 3.88. The summed E-state index contributed by atoms with van der Waals surface area (Å²) in [7, 11) is 3.95. The van der Waals surface area contributed by atoms with Gasteiger partial charge in [0.1, 0.15) is 18.2 Å². The molecule has 0 unspecified atom stereocenters. The highest BCUT2D eigenvalue weighted by atomic mass is 16.6. The quantitative estimate of drug-likeness (QED) is 0.553. The molecule has 11 nitrogen and oxygen atoms in total. The summed E-state index contributed by atoms with van der Waals surface area (Å²) in [6, 6.07) is 13.3. The second kappa shape index (κ2) is 8.84. The van der Waals surface area contributed by atoms with Crippen LogP contribution in [0.2, 0.25) is 0 Å². The number of fused-ring (bicyclic) bond motifs is 1. The number of ether oxygens (including phenoxy) is 2. The molecule has 2 aliphatic heterocycles. The average Bonchev–Trinajstić information content (AvgIpc) is 3.56. The Balaban J connectivity index is 1.32. The minimum Gasteiger partial charge on any atom is -0.478 e. The Hall–Kier alpha value is -3.83. The molecule has 11 heteroatoms. The van der Waals surface area contributed by atoms with Crippen molar-refractivity contribution in [1.29, 1.82) is 0 Å². The van der Waals surface area contributed by atoms with Crippen molar-refractivity contribution < 1.29 is 24.2 Å². The lowest BCUT2D eigenvalue weighted by atomic mass is 10.0. The number of carboxylic acid groups (broad SMARTS) is 1. The van der Waals surface area contributed by atoms with E-state index in [0.29, 0.717) is 12.4 Å². The molecule has 2 aromatic carbocycles. The van der Waals surface area contributed by atoms with Gasteiger partial charge in [-0.2, -0.15) is 0 Å². The Morgan fingerprint density at radius 1 is 1.03 bits per heavy atom. The smallest absolute Gasteiger partial charge is 0.336 e. The van der Waals surface area contributed by atoms with E-state index in [9.17, 15) is 14.7 Å². The number of rotatable bonds is 6. The second-order valence-corrected chi connectivity index (χ2v) is 8.48. The molecule has 4 atom stereocenters. The SMILES string of the molecule is CN(C)c1ccc(-c2nnnn2[C@@H]2CO[C@@H]3[C@@H]2OC[C@@H]3NC(=O)c2ccccc2C(=O)O)cc1. The molecule has 0 radical (unpaired) electrons. The number of amides is 1. The molecule has 0 spiro atoms. The summed E-state index contributed by atoms with van der Waals surface area (Å²) >= 11 is 0. The van der Waals surface area contributed by atoms with Crippen LogP contribution in [-0.2, 0) is 9.47 Å². The van der Waals surface area contributed by atoms with E-state index in [2.05, 4.69) is 20.8 Å². The molecule has 2 fully saturated rings. The third-order valence-electron chi connectivity index (χ3n) is 6.19. The van der Waals surface area contributed by atoms with Gasteiger partial charge in [0, 0.05) is 25.3 Å². The molecule has 1 amide bonds. The van der Waals surface area contributed by atoms with Gasteiger partial charge in [-0.05, 0) is 46.8 Å². The first-order chi connectivity index (χ1) is 16.4. The van der Waals surface area contributed by atoms with Gasteiger partial charge in [-0.1, -0.05) is 12.1 Å². The first-order valence-electron chi connectivity index (χ1n) is 10.9. The Kier molecular flexibility index (Phi) is 5.72. The van der Waals surface area contributed by atoms with E-state index < -0.39 is 24.0 Å². The number of nitrogens with one attached hydrogen (secondary N) is 1. The van der Waals surface area contributed by atoms with E-state index in [1.807, 2.05) is 43.3 Å². The summed E-state index contributed by atoms with van der Waals surface area (Å²) < 4.78 is 13.7. The minimum absolute atomic E-state index is 0.0562. The maximum Gasteiger partial charge on any atom is 0.336 e. The molecule has 2 aliphatic rings. The van der Waals surface area contributed by atoms with Crippen LogP contribution in [-0.4, -0.2) is 82.7 Å². The molecule has 2 N–H and O–H groups in total. The lowest BCUT2D eigenvalue weighted by molar-refractivity contribution is 0.0613. The molecule has 0 saturated carbocycles. The summed E-state index contributed by atoms with van der Waals surface area (Å²) in [6.45, 7) is 0.559. The molecule has 176 valence electrons. The number of aromatic carboxylic acids is 1. The van der Waals surface area contributed by atoms with Crippen molar-refractivity contribution >= 4 is 17.6 Å². The molecule has 0 bridgehead atoms. The monoisotopic (exact) mass is 464 g/mol. The second-order valence-electron chi connectivity index (χ2n) is 8.48. The largest absolute Gasteiger partial charge is 0.478 e. The van der Waals surface area contributed by atoms with Gasteiger partial charge in [-0.3, -0.25) is 4.79 Å². The van der Waals surface area contributed by atoms with E-state index in [4.69, 9.17) is 9.47 Å². The van der Waals surface area contributed by atoms with Gasteiger partial charge >= 0.3 is 5.97 Å². The van der Waals surface area contributed by atoms with Crippen LogP contribution >= 0.6 is 0 Å². The van der Waals surface area contributed by atoms with Crippen LogP contribution in [0.15, 0.2) is 48.5 Å². The lowest BCUT2D eigenvalue weighted by Gasteiger charge is -2.19. The van der Waals surface area contributed by atoms with Gasteiger partial charge < -0.3 is 24.8 Å². The van der Waals surface area contributed by atoms with Crippen molar-refractivity contribution in [2.45, 2.75) is 24.3 Å². The van der Waals surface area contributed by atoms with Crippen LogP contribution in [0.3, 0.4) is 0 Å². The van der Waals surface area contributed by atoms with Crippen LogP contribution in [0, 0.1) is 0 Å². The van der Waals surface area contributed by atoms with Gasteiger partial charge in [0.25, 0.3) is 5.91 Å². The zero-order valence-electron chi connectivity index (χ0n) is 18.7. The van der Waals surface area contributed by atoms with Crippen LogP contribution < -0.4 is 10.2 Å². The molecule has 2 saturated heterocycles. The molecule has 1 aromatic heterocycles. The number of anilines is 1. The van der Waals surface area contributed by atoms with Crippen molar-refractivity contribution in [3.05, 3.63) is 59.7 Å². The van der Waals surface area contributed by atoms with E-state index in [-0.39, 0.29) is 29.9 Å². The zero-order valence-corrected chi connectivity index (χ0v) is 18.7. The van der Waals surface area contributed by atoms with Crippen molar-refractivity contribution in [1.82, 2.24) is 25.5 Å². The summed E-state index contributed by atoms with van der Waals surface area (Å²) in [5.74, 6) is -1.04. The minimum atomic E-state index is -1.16. The van der Waals surface area contributed by atoms with Gasteiger partial charge in [-0.15, -0.1) is 5.10 Å². The average molecular weight is 464 g/mol. The maximum atomic E-state index is 12.8. The molecule has 5 rings (SSSR count). The van der Waals surface area contributed by atoms with Crippen LogP contribution in [0.1, 0.15) is 26.8 Å². The fourth-order valence-corrected chi connectivity index (χ4v) is 4.44. The first-order valence-corrected chi connectivity index (χ1v) is 10.9. The first kappa shape index (κ1) is 22.0.